The highest BCUT2D eigenvalue weighted by atomic mass is 16.5. The lowest BCUT2D eigenvalue weighted by molar-refractivity contribution is -0.127. The van der Waals surface area contributed by atoms with E-state index in [0.29, 0.717) is 19.1 Å². The molecule has 0 aliphatic heterocycles. The molecule has 6 heteroatoms. The van der Waals surface area contributed by atoms with Crippen LogP contribution in [-0.2, 0) is 16.0 Å². The smallest absolute Gasteiger partial charge is 0.243 e. The minimum atomic E-state index is -0.0304. The number of nitrogens with one attached hydrogen (secondary N) is 2. The van der Waals surface area contributed by atoms with Gasteiger partial charge in [0, 0.05) is 34.3 Å². The summed E-state index contributed by atoms with van der Waals surface area (Å²) in [6.45, 7) is 6.31. The van der Waals surface area contributed by atoms with Gasteiger partial charge in [-0.25, -0.2) is 4.99 Å². The largest absolute Gasteiger partial charge is 0.383 e. The van der Waals surface area contributed by atoms with Crippen LogP contribution in [0.15, 0.2) is 23.2 Å². The quantitative estimate of drug-likeness (QED) is 0.425. The van der Waals surface area contributed by atoms with E-state index in [0.717, 1.165) is 13.0 Å². The Morgan fingerprint density at radius 3 is 2.33 bits per heavy atom. The number of carbonyl (C=O) groups excluding carboxylic acids is 1. The molecular formula is C18H30N4O2. The van der Waals surface area contributed by atoms with E-state index in [9.17, 15) is 4.79 Å². The number of amides is 1. The van der Waals surface area contributed by atoms with E-state index in [4.69, 9.17) is 4.74 Å². The zero-order chi connectivity index (χ0) is 17.9. The van der Waals surface area contributed by atoms with E-state index in [1.54, 1.807) is 21.2 Å². The molecule has 134 valence electrons. The first-order valence-corrected chi connectivity index (χ1v) is 8.21. The topological polar surface area (TPSA) is 66.0 Å². The number of aliphatic imine (C=N–C) groups is 1. The average Bonchev–Trinajstić information content (AvgIpc) is 2.50. The van der Waals surface area contributed by atoms with Gasteiger partial charge in [0.1, 0.15) is 6.54 Å². The van der Waals surface area contributed by atoms with Crippen LogP contribution in [0.3, 0.4) is 0 Å². The molecule has 0 radical (unpaired) electrons. The third-order valence-electron chi connectivity index (χ3n) is 3.46. The molecule has 0 saturated heterocycles. The number of nitrogens with zero attached hydrogens (tertiary/aromatic N) is 2. The number of likely N-dealkylation sites (N-methyl/N-ethyl adjacent to an activating group) is 1. The predicted molar refractivity (Wildman–Crippen MR) is 98.5 cm³/mol. The summed E-state index contributed by atoms with van der Waals surface area (Å²) in [5.41, 5.74) is 3.84. The van der Waals surface area contributed by atoms with Crippen LogP contribution in [0.5, 0.6) is 0 Å². The maximum Gasteiger partial charge on any atom is 0.243 e. The predicted octanol–water partition coefficient (Wildman–Crippen LogP) is 1.12. The van der Waals surface area contributed by atoms with Gasteiger partial charge in [-0.05, 0) is 25.8 Å². The van der Waals surface area contributed by atoms with Crippen molar-refractivity contribution in [3.05, 3.63) is 34.9 Å². The van der Waals surface area contributed by atoms with Crippen molar-refractivity contribution in [1.82, 2.24) is 15.5 Å². The first-order chi connectivity index (χ1) is 11.4. The van der Waals surface area contributed by atoms with Gasteiger partial charge in [-0.2, -0.15) is 0 Å². The third kappa shape index (κ3) is 7.97. The van der Waals surface area contributed by atoms with Crippen LogP contribution in [0.25, 0.3) is 0 Å². The number of hydrogen-bond acceptors (Lipinski definition) is 3. The van der Waals surface area contributed by atoms with E-state index in [-0.39, 0.29) is 12.5 Å². The third-order valence-corrected chi connectivity index (χ3v) is 3.46. The van der Waals surface area contributed by atoms with Gasteiger partial charge in [-0.3, -0.25) is 4.79 Å². The normalized spacial score (nSPS) is 11.3. The molecule has 1 aromatic rings. The first kappa shape index (κ1) is 20.0. The number of methoxy groups -OCH3 is 1. The molecule has 0 spiro atoms. The highest BCUT2D eigenvalue weighted by Gasteiger charge is 2.04. The molecule has 1 rings (SSSR count). The minimum absolute atomic E-state index is 0.0304. The van der Waals surface area contributed by atoms with E-state index >= 15 is 0 Å². The molecule has 24 heavy (non-hydrogen) atoms. The number of guanidine groups is 1. The molecule has 6 nitrogen and oxygen atoms in total. The van der Waals surface area contributed by atoms with Crippen molar-refractivity contribution in [3.63, 3.8) is 0 Å². The van der Waals surface area contributed by atoms with E-state index < -0.39 is 0 Å². The maximum atomic E-state index is 11.7. The molecule has 1 aromatic carbocycles. The number of ether oxygens (including phenoxy) is 1. The Hall–Kier alpha value is -2.08. The van der Waals surface area contributed by atoms with Crippen molar-refractivity contribution in [3.8, 4) is 0 Å². The van der Waals surface area contributed by atoms with Gasteiger partial charge in [0.25, 0.3) is 0 Å². The van der Waals surface area contributed by atoms with Crippen molar-refractivity contribution in [1.29, 1.82) is 0 Å². The van der Waals surface area contributed by atoms with E-state index in [1.807, 2.05) is 0 Å². The van der Waals surface area contributed by atoms with Gasteiger partial charge < -0.3 is 20.3 Å². The average molecular weight is 334 g/mol. The first-order valence-electron chi connectivity index (χ1n) is 8.21. The Morgan fingerprint density at radius 2 is 1.75 bits per heavy atom. The standard InChI is InChI=1S/C18H30N4O2/c1-14-10-15(2)12-16(11-14)6-7-19-18(20-8-9-24-5)21-13-17(23)22(3)4/h10-12H,6-9,13H2,1-5H3,(H2,19,20,21). The lowest BCUT2D eigenvalue weighted by Crippen LogP contribution is -2.40. The number of aryl methyl sites for hydroxylation is 2. The molecule has 0 saturated carbocycles. The van der Waals surface area contributed by atoms with Crippen molar-refractivity contribution in [2.24, 2.45) is 4.99 Å². The maximum absolute atomic E-state index is 11.7. The molecule has 0 aromatic heterocycles. The lowest BCUT2D eigenvalue weighted by atomic mass is 10.1. The van der Waals surface area contributed by atoms with Gasteiger partial charge in [-0.15, -0.1) is 0 Å². The SMILES string of the molecule is COCCNC(=NCC(=O)N(C)C)NCCc1cc(C)cc(C)c1. The fourth-order valence-corrected chi connectivity index (χ4v) is 2.27. The molecule has 0 fully saturated rings. The van der Waals surface area contributed by atoms with Gasteiger partial charge >= 0.3 is 0 Å². The van der Waals surface area contributed by atoms with Crippen LogP contribution in [0.2, 0.25) is 0 Å². The molecule has 2 N–H and O–H groups in total. The van der Waals surface area contributed by atoms with Gasteiger partial charge in [-0.1, -0.05) is 29.3 Å². The van der Waals surface area contributed by atoms with Crippen LogP contribution in [0.4, 0.5) is 0 Å². The van der Waals surface area contributed by atoms with Crippen molar-refractivity contribution < 1.29 is 9.53 Å². The zero-order valence-corrected chi connectivity index (χ0v) is 15.5. The summed E-state index contributed by atoms with van der Waals surface area (Å²) in [4.78, 5) is 17.6. The minimum Gasteiger partial charge on any atom is -0.383 e. The molecule has 0 bridgehead atoms. The van der Waals surface area contributed by atoms with Crippen LogP contribution >= 0.6 is 0 Å². The van der Waals surface area contributed by atoms with E-state index in [1.165, 1.54) is 21.6 Å². The monoisotopic (exact) mass is 334 g/mol. The second-order valence-corrected chi connectivity index (χ2v) is 6.05. The van der Waals surface area contributed by atoms with E-state index in [2.05, 4.69) is 47.7 Å². The number of hydrogen-bond donors (Lipinski definition) is 2. The highest BCUT2D eigenvalue weighted by Crippen LogP contribution is 2.08. The summed E-state index contributed by atoms with van der Waals surface area (Å²) >= 11 is 0. The van der Waals surface area contributed by atoms with Crippen molar-refractivity contribution in [2.45, 2.75) is 20.3 Å². The molecule has 0 unspecified atom stereocenters. The van der Waals surface area contributed by atoms with Crippen molar-refractivity contribution >= 4 is 11.9 Å². The summed E-state index contributed by atoms with van der Waals surface area (Å²) in [6.07, 6.45) is 0.898. The number of benzene rings is 1. The Morgan fingerprint density at radius 1 is 1.12 bits per heavy atom. The summed E-state index contributed by atoms with van der Waals surface area (Å²) in [6, 6.07) is 6.56. The molecule has 0 aliphatic rings. The summed E-state index contributed by atoms with van der Waals surface area (Å²) < 4.78 is 5.04. The fourth-order valence-electron chi connectivity index (χ4n) is 2.27. The Balaban J connectivity index is 2.56. The van der Waals surface area contributed by atoms with Crippen LogP contribution in [-0.4, -0.2) is 64.2 Å². The van der Waals surface area contributed by atoms with Crippen LogP contribution < -0.4 is 10.6 Å². The second kappa shape index (κ2) is 10.6. The fraction of sp³-hybridized carbons (Fsp3) is 0.556. The van der Waals surface area contributed by atoms with Crippen LogP contribution in [0, 0.1) is 13.8 Å². The zero-order valence-electron chi connectivity index (χ0n) is 15.5. The molecular weight excluding hydrogens is 304 g/mol. The van der Waals surface area contributed by atoms with Crippen LogP contribution in [0.1, 0.15) is 16.7 Å². The summed E-state index contributed by atoms with van der Waals surface area (Å²) in [5.74, 6) is 0.601. The Kier molecular flexibility index (Phi) is 8.86. The van der Waals surface area contributed by atoms with Gasteiger partial charge in [0.05, 0.1) is 6.61 Å². The molecule has 1 amide bonds. The van der Waals surface area contributed by atoms with Gasteiger partial charge in [0.2, 0.25) is 5.91 Å². The second-order valence-electron chi connectivity index (χ2n) is 6.05. The van der Waals surface area contributed by atoms with Gasteiger partial charge in [0.15, 0.2) is 5.96 Å². The summed E-state index contributed by atoms with van der Waals surface area (Å²) in [7, 11) is 5.11. The molecule has 0 heterocycles. The Labute approximate surface area is 145 Å². The molecule has 0 aliphatic carbocycles. The molecule has 0 atom stereocenters. The lowest BCUT2D eigenvalue weighted by Gasteiger charge is -2.14. The summed E-state index contributed by atoms with van der Waals surface area (Å²) in [5, 5.41) is 6.44. The number of rotatable bonds is 8. The number of carbonyl (C=O) groups is 1. The van der Waals surface area contributed by atoms with Crippen molar-refractivity contribution in [2.75, 3.05) is 47.4 Å². The Bertz CT molecular complexity index is 536. The highest BCUT2D eigenvalue weighted by molar-refractivity contribution is 5.84.